The van der Waals surface area contributed by atoms with Crippen LogP contribution in [0.4, 0.5) is 11.5 Å². The van der Waals surface area contributed by atoms with Gasteiger partial charge in [0.2, 0.25) is 0 Å². The number of benzene rings is 1. The SMILES string of the molecule is COc1cc(Nc2nonc2C)cc(OC)c1. The van der Waals surface area contributed by atoms with Gasteiger partial charge in [-0.15, -0.1) is 0 Å². The molecule has 0 aliphatic rings. The average molecular weight is 235 g/mol. The highest BCUT2D eigenvalue weighted by atomic mass is 16.6. The predicted molar refractivity (Wildman–Crippen MR) is 61.9 cm³/mol. The van der Waals surface area contributed by atoms with Gasteiger partial charge in [0.05, 0.1) is 14.2 Å². The standard InChI is InChI=1S/C11H13N3O3/c1-7-11(14-17-13-7)12-8-4-9(15-2)6-10(5-8)16-3/h4-6H,1-3H3,(H,12,14). The molecular formula is C11H13N3O3. The van der Waals surface area contributed by atoms with E-state index >= 15 is 0 Å². The van der Waals surface area contributed by atoms with Crippen LogP contribution in [0.15, 0.2) is 22.8 Å². The van der Waals surface area contributed by atoms with E-state index < -0.39 is 0 Å². The van der Waals surface area contributed by atoms with Gasteiger partial charge in [0.1, 0.15) is 17.2 Å². The first kappa shape index (κ1) is 11.3. The van der Waals surface area contributed by atoms with Crippen molar-refractivity contribution in [1.29, 1.82) is 0 Å². The fourth-order valence-electron chi connectivity index (χ4n) is 1.36. The topological polar surface area (TPSA) is 69.4 Å². The summed E-state index contributed by atoms with van der Waals surface area (Å²) in [6, 6.07) is 5.45. The summed E-state index contributed by atoms with van der Waals surface area (Å²) in [6.07, 6.45) is 0. The summed E-state index contributed by atoms with van der Waals surface area (Å²) in [7, 11) is 3.20. The van der Waals surface area contributed by atoms with Crippen molar-refractivity contribution in [3.63, 3.8) is 0 Å². The second kappa shape index (κ2) is 4.73. The van der Waals surface area contributed by atoms with Crippen molar-refractivity contribution in [2.75, 3.05) is 19.5 Å². The van der Waals surface area contributed by atoms with E-state index in [0.29, 0.717) is 23.0 Å². The lowest BCUT2D eigenvalue weighted by Crippen LogP contribution is -1.95. The highest BCUT2D eigenvalue weighted by molar-refractivity contribution is 5.61. The van der Waals surface area contributed by atoms with Gasteiger partial charge in [0, 0.05) is 23.9 Å². The Morgan fingerprint density at radius 1 is 1.06 bits per heavy atom. The van der Waals surface area contributed by atoms with Gasteiger partial charge in [-0.25, -0.2) is 4.63 Å². The Balaban J connectivity index is 2.29. The Morgan fingerprint density at radius 3 is 2.18 bits per heavy atom. The van der Waals surface area contributed by atoms with E-state index in [1.807, 2.05) is 12.1 Å². The van der Waals surface area contributed by atoms with Crippen LogP contribution in [0, 0.1) is 6.92 Å². The van der Waals surface area contributed by atoms with Gasteiger partial charge in [0.15, 0.2) is 5.82 Å². The van der Waals surface area contributed by atoms with Gasteiger partial charge in [-0.05, 0) is 12.1 Å². The molecule has 0 spiro atoms. The molecule has 1 heterocycles. The third-order valence-electron chi connectivity index (χ3n) is 2.27. The fourth-order valence-corrected chi connectivity index (χ4v) is 1.36. The molecule has 1 N–H and O–H groups in total. The summed E-state index contributed by atoms with van der Waals surface area (Å²) in [5, 5.41) is 10.5. The molecule has 0 radical (unpaired) electrons. The Kier molecular flexibility index (Phi) is 3.13. The molecule has 2 aromatic rings. The number of rotatable bonds is 4. The number of aryl methyl sites for hydroxylation is 1. The molecule has 6 nitrogen and oxygen atoms in total. The predicted octanol–water partition coefficient (Wildman–Crippen LogP) is 2.14. The minimum atomic E-state index is 0.570. The van der Waals surface area contributed by atoms with Crippen molar-refractivity contribution < 1.29 is 14.1 Å². The molecule has 1 aromatic heterocycles. The molecule has 0 saturated carbocycles. The smallest absolute Gasteiger partial charge is 0.198 e. The van der Waals surface area contributed by atoms with Crippen molar-refractivity contribution in [2.45, 2.75) is 6.92 Å². The van der Waals surface area contributed by atoms with Crippen LogP contribution in [0.5, 0.6) is 11.5 Å². The largest absolute Gasteiger partial charge is 0.497 e. The van der Waals surface area contributed by atoms with Crippen LogP contribution < -0.4 is 14.8 Å². The zero-order valence-corrected chi connectivity index (χ0v) is 9.85. The molecule has 6 heteroatoms. The third-order valence-corrected chi connectivity index (χ3v) is 2.27. The first-order chi connectivity index (χ1) is 8.22. The summed E-state index contributed by atoms with van der Waals surface area (Å²) in [6.45, 7) is 1.80. The third kappa shape index (κ3) is 2.47. The summed E-state index contributed by atoms with van der Waals surface area (Å²) >= 11 is 0. The number of hydrogen-bond acceptors (Lipinski definition) is 6. The number of anilines is 2. The molecule has 0 saturated heterocycles. The van der Waals surface area contributed by atoms with E-state index in [-0.39, 0.29) is 0 Å². The van der Waals surface area contributed by atoms with Crippen molar-refractivity contribution >= 4 is 11.5 Å². The quantitative estimate of drug-likeness (QED) is 0.875. The second-order valence-corrected chi connectivity index (χ2v) is 3.42. The minimum absolute atomic E-state index is 0.570. The molecule has 2 rings (SSSR count). The van der Waals surface area contributed by atoms with E-state index in [0.717, 1.165) is 5.69 Å². The number of methoxy groups -OCH3 is 2. The Labute approximate surface area is 98.5 Å². The molecular weight excluding hydrogens is 222 g/mol. The van der Waals surface area contributed by atoms with Crippen LogP contribution in [0.1, 0.15) is 5.69 Å². The van der Waals surface area contributed by atoms with E-state index in [1.54, 1.807) is 27.2 Å². The van der Waals surface area contributed by atoms with Crippen LogP contribution in [0.3, 0.4) is 0 Å². The van der Waals surface area contributed by atoms with Gasteiger partial charge < -0.3 is 14.8 Å². The maximum Gasteiger partial charge on any atom is 0.198 e. The summed E-state index contributed by atoms with van der Waals surface area (Å²) in [4.78, 5) is 0. The zero-order chi connectivity index (χ0) is 12.3. The van der Waals surface area contributed by atoms with Gasteiger partial charge in [-0.1, -0.05) is 5.16 Å². The first-order valence-electron chi connectivity index (χ1n) is 5.02. The highest BCUT2D eigenvalue weighted by Gasteiger charge is 2.07. The molecule has 0 bridgehead atoms. The molecule has 0 unspecified atom stereocenters. The molecule has 17 heavy (non-hydrogen) atoms. The van der Waals surface area contributed by atoms with Gasteiger partial charge in [-0.3, -0.25) is 0 Å². The minimum Gasteiger partial charge on any atom is -0.497 e. The van der Waals surface area contributed by atoms with Crippen LogP contribution in [-0.2, 0) is 0 Å². The molecule has 1 aromatic carbocycles. The monoisotopic (exact) mass is 235 g/mol. The summed E-state index contributed by atoms with van der Waals surface area (Å²) < 4.78 is 14.9. The number of aromatic nitrogens is 2. The molecule has 0 aliphatic heterocycles. The van der Waals surface area contributed by atoms with E-state index in [2.05, 4.69) is 20.3 Å². The Bertz CT molecular complexity index is 488. The maximum absolute atomic E-state index is 5.17. The van der Waals surface area contributed by atoms with E-state index in [4.69, 9.17) is 9.47 Å². The summed E-state index contributed by atoms with van der Waals surface area (Å²) in [5.74, 6) is 1.96. The second-order valence-electron chi connectivity index (χ2n) is 3.42. The molecule has 0 amide bonds. The summed E-state index contributed by atoms with van der Waals surface area (Å²) in [5.41, 5.74) is 1.48. The van der Waals surface area contributed by atoms with Gasteiger partial charge >= 0.3 is 0 Å². The zero-order valence-electron chi connectivity index (χ0n) is 9.85. The van der Waals surface area contributed by atoms with Crippen LogP contribution in [0.2, 0.25) is 0 Å². The van der Waals surface area contributed by atoms with Crippen molar-refractivity contribution in [3.05, 3.63) is 23.9 Å². The fraction of sp³-hybridized carbons (Fsp3) is 0.273. The number of hydrogen-bond donors (Lipinski definition) is 1. The maximum atomic E-state index is 5.17. The van der Waals surface area contributed by atoms with Crippen molar-refractivity contribution in [1.82, 2.24) is 10.3 Å². The van der Waals surface area contributed by atoms with Gasteiger partial charge in [-0.2, -0.15) is 0 Å². The van der Waals surface area contributed by atoms with Crippen molar-refractivity contribution in [3.8, 4) is 11.5 Å². The first-order valence-corrected chi connectivity index (χ1v) is 5.02. The van der Waals surface area contributed by atoms with Crippen LogP contribution >= 0.6 is 0 Å². The highest BCUT2D eigenvalue weighted by Crippen LogP contribution is 2.27. The average Bonchev–Trinajstić information content (AvgIpc) is 2.74. The molecule has 90 valence electrons. The molecule has 0 fully saturated rings. The normalized spacial score (nSPS) is 10.1. The van der Waals surface area contributed by atoms with Crippen LogP contribution in [-0.4, -0.2) is 24.5 Å². The van der Waals surface area contributed by atoms with E-state index in [9.17, 15) is 0 Å². The van der Waals surface area contributed by atoms with E-state index in [1.165, 1.54) is 0 Å². The van der Waals surface area contributed by atoms with Crippen LogP contribution in [0.25, 0.3) is 0 Å². The number of ether oxygens (including phenoxy) is 2. The lowest BCUT2D eigenvalue weighted by Gasteiger charge is -2.08. The van der Waals surface area contributed by atoms with Crippen molar-refractivity contribution in [2.24, 2.45) is 0 Å². The number of nitrogens with zero attached hydrogens (tertiary/aromatic N) is 2. The molecule has 0 atom stereocenters. The van der Waals surface area contributed by atoms with Gasteiger partial charge in [0.25, 0.3) is 0 Å². The Morgan fingerprint density at radius 2 is 1.71 bits per heavy atom. The number of nitrogens with one attached hydrogen (secondary N) is 1. The lowest BCUT2D eigenvalue weighted by molar-refractivity contribution is 0.306. The Hall–Kier alpha value is -2.24. The lowest BCUT2D eigenvalue weighted by atomic mass is 10.2. The molecule has 0 aliphatic carbocycles.